The van der Waals surface area contributed by atoms with Crippen LogP contribution >= 0.6 is 0 Å². The van der Waals surface area contributed by atoms with Gasteiger partial charge in [-0.05, 0) is 50.3 Å². The van der Waals surface area contributed by atoms with Gasteiger partial charge in [0.2, 0.25) is 5.91 Å². The number of piperidine rings is 1. The number of amides is 2. The van der Waals surface area contributed by atoms with Crippen LogP contribution < -0.4 is 10.1 Å². The monoisotopic (exact) mass is 344 g/mol. The van der Waals surface area contributed by atoms with Crippen molar-refractivity contribution in [3.8, 4) is 5.75 Å². The van der Waals surface area contributed by atoms with Crippen LogP contribution in [0.2, 0.25) is 0 Å². The van der Waals surface area contributed by atoms with E-state index in [2.05, 4.69) is 5.32 Å². The van der Waals surface area contributed by atoms with Crippen LogP contribution in [-0.4, -0.2) is 35.9 Å². The van der Waals surface area contributed by atoms with E-state index in [4.69, 9.17) is 4.74 Å². The van der Waals surface area contributed by atoms with E-state index in [0.717, 1.165) is 38.6 Å². The minimum absolute atomic E-state index is 0.000404. The summed E-state index contributed by atoms with van der Waals surface area (Å²) in [5, 5.41) is 2.96. The Hall–Kier alpha value is -2.04. The third-order valence-electron chi connectivity index (χ3n) is 5.43. The van der Waals surface area contributed by atoms with Gasteiger partial charge in [0, 0.05) is 30.6 Å². The van der Waals surface area contributed by atoms with E-state index >= 15 is 0 Å². The molecule has 0 bridgehead atoms. The van der Waals surface area contributed by atoms with E-state index in [9.17, 15) is 9.59 Å². The van der Waals surface area contributed by atoms with Crippen LogP contribution in [0.25, 0.3) is 0 Å². The summed E-state index contributed by atoms with van der Waals surface area (Å²) in [6.45, 7) is 5.47. The second-order valence-corrected chi connectivity index (χ2v) is 7.00. The van der Waals surface area contributed by atoms with Crippen LogP contribution in [0.5, 0.6) is 5.75 Å². The van der Waals surface area contributed by atoms with Crippen LogP contribution in [0.3, 0.4) is 0 Å². The number of carbonyl (C=O) groups excluding carboxylic acids is 2. The zero-order valence-electron chi connectivity index (χ0n) is 15.2. The zero-order chi connectivity index (χ0) is 17.8. The largest absolute Gasteiger partial charge is 0.493 e. The summed E-state index contributed by atoms with van der Waals surface area (Å²) in [6, 6.07) is 5.67. The molecule has 2 aliphatic rings. The molecule has 1 N–H and O–H groups in total. The first-order chi connectivity index (χ1) is 12.1. The molecule has 0 radical (unpaired) electrons. The second kappa shape index (κ2) is 7.89. The van der Waals surface area contributed by atoms with Crippen molar-refractivity contribution in [3.05, 3.63) is 23.8 Å². The Labute approximate surface area is 149 Å². The normalized spacial score (nSPS) is 20.2. The number of hydrogen-bond donors (Lipinski definition) is 1. The van der Waals surface area contributed by atoms with Crippen molar-refractivity contribution < 1.29 is 14.3 Å². The molecule has 1 atom stereocenters. The van der Waals surface area contributed by atoms with Gasteiger partial charge in [0.15, 0.2) is 0 Å². The molecule has 1 saturated heterocycles. The highest BCUT2D eigenvalue weighted by Gasteiger charge is 2.31. The van der Waals surface area contributed by atoms with Crippen molar-refractivity contribution in [2.75, 3.05) is 18.5 Å². The number of fused-ring (bicyclic) bond motifs is 2. The predicted octanol–water partition coefficient (Wildman–Crippen LogP) is 3.84. The highest BCUT2D eigenvalue weighted by Crippen LogP contribution is 2.31. The topological polar surface area (TPSA) is 58.6 Å². The summed E-state index contributed by atoms with van der Waals surface area (Å²) in [4.78, 5) is 27.4. The molecule has 1 aromatic rings. The molecule has 2 aliphatic heterocycles. The van der Waals surface area contributed by atoms with E-state index in [1.54, 1.807) is 12.1 Å². The molecular formula is C20H28N2O3. The van der Waals surface area contributed by atoms with E-state index in [1.165, 1.54) is 6.42 Å². The van der Waals surface area contributed by atoms with E-state index in [0.29, 0.717) is 23.6 Å². The standard InChI is InChI=1S/C20H28N2O3/c1-3-14(4-2)19(23)21-15-8-9-18-17(13-15)20(24)22-11-6-5-7-16(22)10-12-25-18/h8-9,13-14,16H,3-7,10-12H2,1-2H3,(H,21,23). The molecule has 1 fully saturated rings. The highest BCUT2D eigenvalue weighted by atomic mass is 16.5. The molecule has 3 rings (SSSR count). The molecule has 1 aromatic carbocycles. The zero-order valence-corrected chi connectivity index (χ0v) is 15.2. The maximum absolute atomic E-state index is 13.0. The Balaban J connectivity index is 1.84. The lowest BCUT2D eigenvalue weighted by Gasteiger charge is -2.37. The molecule has 136 valence electrons. The highest BCUT2D eigenvalue weighted by molar-refractivity contribution is 6.00. The van der Waals surface area contributed by atoms with Gasteiger partial charge in [-0.25, -0.2) is 0 Å². The number of anilines is 1. The lowest BCUT2D eigenvalue weighted by atomic mass is 9.97. The molecule has 2 heterocycles. The molecule has 0 aliphatic carbocycles. The van der Waals surface area contributed by atoms with E-state index in [-0.39, 0.29) is 23.8 Å². The van der Waals surface area contributed by atoms with Crippen molar-refractivity contribution in [1.82, 2.24) is 4.90 Å². The first-order valence-electron chi connectivity index (χ1n) is 9.52. The fourth-order valence-electron chi connectivity index (χ4n) is 3.83. The minimum atomic E-state index is 0.000404. The summed E-state index contributed by atoms with van der Waals surface area (Å²) in [7, 11) is 0. The summed E-state index contributed by atoms with van der Waals surface area (Å²) in [6.07, 6.45) is 5.79. The quantitative estimate of drug-likeness (QED) is 0.903. The fourth-order valence-corrected chi connectivity index (χ4v) is 3.83. The van der Waals surface area contributed by atoms with Gasteiger partial charge >= 0.3 is 0 Å². The van der Waals surface area contributed by atoms with Crippen molar-refractivity contribution >= 4 is 17.5 Å². The van der Waals surface area contributed by atoms with Gasteiger partial charge in [-0.3, -0.25) is 9.59 Å². The third kappa shape index (κ3) is 3.80. The number of carbonyl (C=O) groups is 2. The van der Waals surface area contributed by atoms with Crippen molar-refractivity contribution in [2.45, 2.75) is 58.4 Å². The molecule has 5 heteroatoms. The van der Waals surface area contributed by atoms with Gasteiger partial charge in [0.1, 0.15) is 5.75 Å². The number of nitrogens with one attached hydrogen (secondary N) is 1. The Morgan fingerprint density at radius 3 is 2.84 bits per heavy atom. The Kier molecular flexibility index (Phi) is 5.61. The summed E-state index contributed by atoms with van der Waals surface area (Å²) in [5.74, 6) is 0.660. The first-order valence-corrected chi connectivity index (χ1v) is 9.52. The number of ether oxygens (including phenoxy) is 1. The Bertz CT molecular complexity index is 640. The van der Waals surface area contributed by atoms with Gasteiger partial charge in [0.25, 0.3) is 5.91 Å². The molecule has 1 unspecified atom stereocenters. The smallest absolute Gasteiger partial charge is 0.257 e. The molecule has 0 spiro atoms. The summed E-state index contributed by atoms with van der Waals surface area (Å²) < 4.78 is 5.84. The summed E-state index contributed by atoms with van der Waals surface area (Å²) in [5.41, 5.74) is 1.23. The van der Waals surface area contributed by atoms with Crippen LogP contribution in [0.1, 0.15) is 62.7 Å². The number of nitrogens with zero attached hydrogens (tertiary/aromatic N) is 1. The van der Waals surface area contributed by atoms with Crippen LogP contribution in [0, 0.1) is 5.92 Å². The molecule has 5 nitrogen and oxygen atoms in total. The van der Waals surface area contributed by atoms with Crippen molar-refractivity contribution in [3.63, 3.8) is 0 Å². The van der Waals surface area contributed by atoms with Gasteiger partial charge in [-0.15, -0.1) is 0 Å². The maximum atomic E-state index is 13.0. The molecule has 25 heavy (non-hydrogen) atoms. The lowest BCUT2D eigenvalue weighted by molar-refractivity contribution is -0.120. The average Bonchev–Trinajstić information content (AvgIpc) is 2.62. The van der Waals surface area contributed by atoms with Crippen LogP contribution in [-0.2, 0) is 4.79 Å². The minimum Gasteiger partial charge on any atom is -0.493 e. The van der Waals surface area contributed by atoms with E-state index in [1.807, 2.05) is 24.8 Å². The van der Waals surface area contributed by atoms with Gasteiger partial charge < -0.3 is 15.0 Å². The van der Waals surface area contributed by atoms with Gasteiger partial charge in [-0.2, -0.15) is 0 Å². The van der Waals surface area contributed by atoms with Gasteiger partial charge in [-0.1, -0.05) is 13.8 Å². The first kappa shape index (κ1) is 17.8. The lowest BCUT2D eigenvalue weighted by Crippen LogP contribution is -2.45. The molecule has 0 aromatic heterocycles. The third-order valence-corrected chi connectivity index (χ3v) is 5.43. The number of hydrogen-bond acceptors (Lipinski definition) is 3. The van der Waals surface area contributed by atoms with E-state index < -0.39 is 0 Å². The molecule has 0 saturated carbocycles. The SMILES string of the molecule is CCC(CC)C(=O)Nc1ccc2c(c1)C(=O)N1CCCCC1CCO2. The number of rotatable bonds is 4. The average molecular weight is 344 g/mol. The van der Waals surface area contributed by atoms with Gasteiger partial charge in [0.05, 0.1) is 12.2 Å². The Morgan fingerprint density at radius 2 is 2.08 bits per heavy atom. The number of benzene rings is 1. The second-order valence-electron chi connectivity index (χ2n) is 7.00. The van der Waals surface area contributed by atoms with Crippen molar-refractivity contribution in [1.29, 1.82) is 0 Å². The summed E-state index contributed by atoms with van der Waals surface area (Å²) >= 11 is 0. The molecular weight excluding hydrogens is 316 g/mol. The van der Waals surface area contributed by atoms with Crippen LogP contribution in [0.4, 0.5) is 5.69 Å². The predicted molar refractivity (Wildman–Crippen MR) is 97.9 cm³/mol. The maximum Gasteiger partial charge on any atom is 0.257 e. The van der Waals surface area contributed by atoms with Crippen LogP contribution in [0.15, 0.2) is 18.2 Å². The Morgan fingerprint density at radius 1 is 1.28 bits per heavy atom. The van der Waals surface area contributed by atoms with Crippen molar-refractivity contribution in [2.24, 2.45) is 5.92 Å². The fraction of sp³-hybridized carbons (Fsp3) is 0.600. The molecule has 2 amide bonds.